The summed E-state index contributed by atoms with van der Waals surface area (Å²) < 4.78 is 47.6. The monoisotopic (exact) mass is 484 g/mol. The van der Waals surface area contributed by atoms with Gasteiger partial charge < -0.3 is 14.6 Å². The number of nitrogens with zero attached hydrogens (tertiary/aromatic N) is 2. The van der Waals surface area contributed by atoms with E-state index in [9.17, 15) is 27.9 Å². The Labute approximate surface area is 198 Å². The van der Waals surface area contributed by atoms with E-state index in [1.165, 1.54) is 30.5 Å². The number of aliphatic hydroxyl groups excluding tert-OH is 1. The third kappa shape index (κ3) is 4.96. The van der Waals surface area contributed by atoms with E-state index >= 15 is 0 Å². The van der Waals surface area contributed by atoms with Crippen LogP contribution in [0.3, 0.4) is 0 Å². The second-order valence-electron chi connectivity index (χ2n) is 7.43. The van der Waals surface area contributed by atoms with E-state index in [2.05, 4.69) is 9.72 Å². The third-order valence-corrected chi connectivity index (χ3v) is 5.18. The third-order valence-electron chi connectivity index (χ3n) is 5.18. The van der Waals surface area contributed by atoms with Gasteiger partial charge in [0.25, 0.3) is 11.7 Å². The molecule has 35 heavy (non-hydrogen) atoms. The summed E-state index contributed by atoms with van der Waals surface area (Å²) in [7, 11) is 0. The predicted molar refractivity (Wildman–Crippen MR) is 120 cm³/mol. The molecular formula is C25H19F3N2O5. The number of benzene rings is 2. The van der Waals surface area contributed by atoms with E-state index in [0.29, 0.717) is 12.4 Å². The maximum atomic E-state index is 13.1. The molecule has 4 rings (SSSR count). The average Bonchev–Trinajstić information content (AvgIpc) is 3.09. The summed E-state index contributed by atoms with van der Waals surface area (Å²) in [6.07, 6.45) is -3.50. The van der Waals surface area contributed by atoms with Gasteiger partial charge in [-0.25, -0.2) is 0 Å². The number of pyridine rings is 1. The van der Waals surface area contributed by atoms with Crippen molar-refractivity contribution in [3.8, 4) is 11.5 Å². The summed E-state index contributed by atoms with van der Waals surface area (Å²) in [5.41, 5.74) is 0.207. The molecule has 0 aliphatic carbocycles. The lowest BCUT2D eigenvalue weighted by Gasteiger charge is -2.25. The first kappa shape index (κ1) is 23.8. The number of hydrogen-bond acceptors (Lipinski definition) is 6. The normalized spacial score (nSPS) is 17.5. The Morgan fingerprint density at radius 2 is 1.77 bits per heavy atom. The van der Waals surface area contributed by atoms with Crippen LogP contribution >= 0.6 is 0 Å². The van der Waals surface area contributed by atoms with Gasteiger partial charge in [-0.1, -0.05) is 12.1 Å². The summed E-state index contributed by atoms with van der Waals surface area (Å²) in [5, 5.41) is 11.1. The van der Waals surface area contributed by atoms with E-state index in [1.54, 1.807) is 30.3 Å². The Bertz CT molecular complexity index is 1270. The van der Waals surface area contributed by atoms with Gasteiger partial charge in [0.2, 0.25) is 0 Å². The van der Waals surface area contributed by atoms with Gasteiger partial charge >= 0.3 is 6.36 Å². The van der Waals surface area contributed by atoms with E-state index < -0.39 is 35.6 Å². The minimum absolute atomic E-state index is 0.0322. The van der Waals surface area contributed by atoms with Gasteiger partial charge in [0.15, 0.2) is 0 Å². The van der Waals surface area contributed by atoms with Crippen molar-refractivity contribution >= 4 is 23.1 Å². The number of Topliss-reactive ketones (excluding diaryl/α,β-unsaturated/α-hetero) is 1. The van der Waals surface area contributed by atoms with Crippen molar-refractivity contribution in [3.05, 3.63) is 89.8 Å². The fourth-order valence-electron chi connectivity index (χ4n) is 3.78. The minimum atomic E-state index is -4.94. The van der Waals surface area contributed by atoms with Gasteiger partial charge in [0.1, 0.15) is 23.3 Å². The van der Waals surface area contributed by atoms with Crippen LogP contribution in [0.2, 0.25) is 0 Å². The fourth-order valence-corrected chi connectivity index (χ4v) is 3.78. The van der Waals surface area contributed by atoms with Crippen LogP contribution in [0.15, 0.2) is 78.5 Å². The Morgan fingerprint density at radius 3 is 2.40 bits per heavy atom. The zero-order chi connectivity index (χ0) is 25.2. The molecule has 0 saturated carbocycles. The zero-order valence-corrected chi connectivity index (χ0v) is 18.3. The molecule has 1 aliphatic rings. The molecule has 1 atom stereocenters. The molecule has 1 aromatic heterocycles. The highest BCUT2D eigenvalue weighted by Gasteiger charge is 2.47. The number of anilines is 1. The minimum Gasteiger partial charge on any atom is -0.507 e. The second-order valence-corrected chi connectivity index (χ2v) is 7.43. The van der Waals surface area contributed by atoms with Crippen LogP contribution < -0.4 is 14.4 Å². The average molecular weight is 484 g/mol. The number of aromatic nitrogens is 1. The van der Waals surface area contributed by atoms with Gasteiger partial charge in [-0.3, -0.25) is 19.5 Å². The molecule has 1 fully saturated rings. The number of hydrogen-bond donors (Lipinski definition) is 1. The number of aliphatic hydroxyl groups is 1. The van der Waals surface area contributed by atoms with Gasteiger partial charge in [-0.15, -0.1) is 13.2 Å². The number of rotatable bonds is 6. The van der Waals surface area contributed by atoms with Crippen LogP contribution in [-0.2, 0) is 9.59 Å². The number of alkyl halides is 3. The van der Waals surface area contributed by atoms with Crippen LogP contribution in [0.4, 0.5) is 18.9 Å². The maximum absolute atomic E-state index is 13.1. The molecule has 10 heteroatoms. The van der Waals surface area contributed by atoms with Gasteiger partial charge in [-0.2, -0.15) is 0 Å². The standard InChI is InChI=1S/C25H19F3N2O5/c1-2-34-17-11-9-15(10-12-17)22(31)20-21(19-8-3-4-13-29-19)30(24(33)23(20)32)16-6-5-7-18(14-16)35-25(26,27)28/h3-14,21,31H,2H2,1H3/b22-20+. The van der Waals surface area contributed by atoms with Crippen molar-refractivity contribution in [2.75, 3.05) is 11.5 Å². The van der Waals surface area contributed by atoms with Gasteiger partial charge in [0, 0.05) is 23.5 Å². The number of ether oxygens (including phenoxy) is 2. The summed E-state index contributed by atoms with van der Waals surface area (Å²) in [6, 6.07) is 14.6. The lowest BCUT2D eigenvalue weighted by Crippen LogP contribution is -2.30. The van der Waals surface area contributed by atoms with E-state index in [1.807, 2.05) is 6.92 Å². The molecule has 1 unspecified atom stereocenters. The summed E-state index contributed by atoms with van der Waals surface area (Å²) >= 11 is 0. The number of carbonyl (C=O) groups is 2. The number of carbonyl (C=O) groups excluding carboxylic acids is 2. The van der Waals surface area contributed by atoms with Crippen molar-refractivity contribution in [1.82, 2.24) is 4.98 Å². The van der Waals surface area contributed by atoms with Crippen molar-refractivity contribution in [2.45, 2.75) is 19.3 Å². The molecule has 2 heterocycles. The number of ketones is 1. The van der Waals surface area contributed by atoms with Crippen molar-refractivity contribution in [1.29, 1.82) is 0 Å². The lowest BCUT2D eigenvalue weighted by atomic mass is 9.98. The highest BCUT2D eigenvalue weighted by molar-refractivity contribution is 6.51. The van der Waals surface area contributed by atoms with E-state index in [0.717, 1.165) is 17.0 Å². The Kier molecular flexibility index (Phi) is 6.46. The molecular weight excluding hydrogens is 465 g/mol. The van der Waals surface area contributed by atoms with Crippen LogP contribution in [0.5, 0.6) is 11.5 Å². The molecule has 1 N–H and O–H groups in total. The van der Waals surface area contributed by atoms with Gasteiger partial charge in [-0.05, 0) is 55.5 Å². The molecule has 0 bridgehead atoms. The first-order valence-electron chi connectivity index (χ1n) is 10.5. The molecule has 1 aliphatic heterocycles. The van der Waals surface area contributed by atoms with Crippen molar-refractivity contribution < 1.29 is 37.3 Å². The molecule has 0 spiro atoms. The van der Waals surface area contributed by atoms with E-state index in [4.69, 9.17) is 4.74 Å². The molecule has 3 aromatic rings. The van der Waals surface area contributed by atoms with Crippen LogP contribution in [0.25, 0.3) is 5.76 Å². The van der Waals surface area contributed by atoms with Crippen LogP contribution in [0.1, 0.15) is 24.2 Å². The summed E-state index contributed by atoms with van der Waals surface area (Å²) in [4.78, 5) is 31.4. The van der Waals surface area contributed by atoms with Gasteiger partial charge in [0.05, 0.1) is 17.9 Å². The lowest BCUT2D eigenvalue weighted by molar-refractivity contribution is -0.274. The van der Waals surface area contributed by atoms with Crippen LogP contribution in [-0.4, -0.2) is 34.8 Å². The largest absolute Gasteiger partial charge is 0.573 e. The molecule has 1 amide bonds. The van der Waals surface area contributed by atoms with Crippen LogP contribution in [0, 0.1) is 0 Å². The first-order chi connectivity index (χ1) is 16.7. The zero-order valence-electron chi connectivity index (χ0n) is 18.3. The molecule has 2 aromatic carbocycles. The van der Waals surface area contributed by atoms with E-state index in [-0.39, 0.29) is 22.5 Å². The highest BCUT2D eigenvalue weighted by atomic mass is 19.4. The van der Waals surface area contributed by atoms with Crippen molar-refractivity contribution in [3.63, 3.8) is 0 Å². The molecule has 180 valence electrons. The molecule has 1 saturated heterocycles. The smallest absolute Gasteiger partial charge is 0.507 e. The number of amides is 1. The Hall–Kier alpha value is -4.34. The Balaban J connectivity index is 1.84. The molecule has 0 radical (unpaired) electrons. The summed E-state index contributed by atoms with van der Waals surface area (Å²) in [5.74, 6) is -2.51. The first-order valence-corrected chi connectivity index (χ1v) is 10.5. The molecule has 7 nitrogen and oxygen atoms in total. The number of halogens is 3. The SMILES string of the molecule is CCOc1ccc(/C(O)=C2\C(=O)C(=O)N(c3cccc(OC(F)(F)F)c3)C2c2ccccn2)cc1. The van der Waals surface area contributed by atoms with Crippen molar-refractivity contribution in [2.24, 2.45) is 0 Å². The topological polar surface area (TPSA) is 89.0 Å². The quantitative estimate of drug-likeness (QED) is 0.301. The summed E-state index contributed by atoms with van der Waals surface area (Å²) in [6.45, 7) is 2.25. The fraction of sp³-hybridized carbons (Fsp3) is 0.160. The second kappa shape index (κ2) is 9.49. The predicted octanol–water partition coefficient (Wildman–Crippen LogP) is 5.01. The maximum Gasteiger partial charge on any atom is 0.573 e. The Morgan fingerprint density at radius 1 is 1.03 bits per heavy atom. The highest BCUT2D eigenvalue weighted by Crippen LogP contribution is 2.42.